The zero-order valence-corrected chi connectivity index (χ0v) is 8.14. The van der Waals surface area contributed by atoms with Crippen LogP contribution in [0.5, 0.6) is 0 Å². The first-order valence-corrected chi connectivity index (χ1v) is 4.91. The van der Waals surface area contributed by atoms with E-state index in [-0.39, 0.29) is 0 Å². The highest BCUT2D eigenvalue weighted by molar-refractivity contribution is 5.42. The third-order valence-electron chi connectivity index (χ3n) is 2.43. The van der Waals surface area contributed by atoms with Gasteiger partial charge in [-0.05, 0) is 36.2 Å². The van der Waals surface area contributed by atoms with E-state index in [4.69, 9.17) is 5.73 Å². The van der Waals surface area contributed by atoms with Gasteiger partial charge in [0.05, 0.1) is 6.54 Å². The first-order chi connectivity index (χ1) is 6.90. The summed E-state index contributed by atoms with van der Waals surface area (Å²) in [4.78, 5) is 0. The molecule has 0 radical (unpaired) electrons. The number of hydrogen-bond acceptors (Lipinski definition) is 2. The van der Waals surface area contributed by atoms with E-state index in [2.05, 4.69) is 35.4 Å². The lowest BCUT2D eigenvalue weighted by Gasteiger charge is -2.16. The Bertz CT molecular complexity index is 385. The molecule has 1 heterocycles. The van der Waals surface area contributed by atoms with Crippen LogP contribution in [-0.4, -0.2) is 13.1 Å². The molecule has 0 spiro atoms. The van der Waals surface area contributed by atoms with Crippen LogP contribution in [0.2, 0.25) is 0 Å². The van der Waals surface area contributed by atoms with Crippen molar-refractivity contribution >= 4 is 0 Å². The molecule has 0 saturated carbocycles. The smallest absolute Gasteiger partial charge is 0.0555 e. The maximum atomic E-state index is 5.33. The summed E-state index contributed by atoms with van der Waals surface area (Å²) in [6.45, 7) is 2.49. The van der Waals surface area contributed by atoms with Crippen molar-refractivity contribution in [3.05, 3.63) is 34.9 Å². The van der Waals surface area contributed by atoms with E-state index in [0.29, 0.717) is 6.54 Å². The molecule has 1 aromatic carbocycles. The van der Waals surface area contributed by atoms with Gasteiger partial charge in [-0.3, -0.25) is 0 Å². The van der Waals surface area contributed by atoms with Crippen LogP contribution in [0.25, 0.3) is 0 Å². The van der Waals surface area contributed by atoms with E-state index >= 15 is 0 Å². The molecule has 0 atom stereocenters. The molecular formula is C12H14N2. The summed E-state index contributed by atoms with van der Waals surface area (Å²) in [5, 5.41) is 3.35. The lowest BCUT2D eigenvalue weighted by atomic mass is 9.99. The highest BCUT2D eigenvalue weighted by Crippen LogP contribution is 2.15. The Balaban J connectivity index is 2.29. The quantitative estimate of drug-likeness (QED) is 0.584. The van der Waals surface area contributed by atoms with Gasteiger partial charge in [0.2, 0.25) is 0 Å². The molecule has 0 amide bonds. The maximum Gasteiger partial charge on any atom is 0.0555 e. The van der Waals surface area contributed by atoms with E-state index in [1.807, 2.05) is 0 Å². The fourth-order valence-corrected chi connectivity index (χ4v) is 1.71. The van der Waals surface area contributed by atoms with E-state index in [9.17, 15) is 0 Å². The summed E-state index contributed by atoms with van der Waals surface area (Å²) in [6.07, 6.45) is 1.10. The molecule has 0 aromatic heterocycles. The molecule has 1 aromatic rings. The van der Waals surface area contributed by atoms with Crippen molar-refractivity contribution < 1.29 is 0 Å². The van der Waals surface area contributed by atoms with Crippen LogP contribution < -0.4 is 11.1 Å². The number of benzene rings is 1. The molecular weight excluding hydrogens is 172 g/mol. The second kappa shape index (κ2) is 4.28. The predicted molar refractivity (Wildman–Crippen MR) is 57.8 cm³/mol. The minimum absolute atomic E-state index is 0.429. The monoisotopic (exact) mass is 186 g/mol. The van der Waals surface area contributed by atoms with Crippen LogP contribution in [0.3, 0.4) is 0 Å². The van der Waals surface area contributed by atoms with E-state index in [0.717, 1.165) is 25.1 Å². The molecule has 72 valence electrons. The molecule has 2 nitrogen and oxygen atoms in total. The van der Waals surface area contributed by atoms with Crippen LogP contribution in [-0.2, 0) is 13.0 Å². The Hall–Kier alpha value is -1.30. The largest absolute Gasteiger partial charge is 0.320 e. The third kappa shape index (κ3) is 1.95. The van der Waals surface area contributed by atoms with Gasteiger partial charge in [0.1, 0.15) is 0 Å². The minimum Gasteiger partial charge on any atom is -0.320 e. The van der Waals surface area contributed by atoms with Crippen molar-refractivity contribution in [1.29, 1.82) is 0 Å². The van der Waals surface area contributed by atoms with Gasteiger partial charge in [-0.15, -0.1) is 0 Å². The summed E-state index contributed by atoms with van der Waals surface area (Å²) in [5.74, 6) is 5.93. The van der Waals surface area contributed by atoms with Crippen LogP contribution in [0.15, 0.2) is 18.2 Å². The first-order valence-electron chi connectivity index (χ1n) is 4.91. The van der Waals surface area contributed by atoms with Gasteiger partial charge >= 0.3 is 0 Å². The zero-order chi connectivity index (χ0) is 9.80. The van der Waals surface area contributed by atoms with Crippen molar-refractivity contribution in [2.24, 2.45) is 5.73 Å². The van der Waals surface area contributed by atoms with Gasteiger partial charge in [-0.25, -0.2) is 0 Å². The number of nitrogens with two attached hydrogens (primary N) is 1. The highest BCUT2D eigenvalue weighted by atomic mass is 14.9. The molecule has 1 aliphatic rings. The van der Waals surface area contributed by atoms with Gasteiger partial charge in [0.25, 0.3) is 0 Å². The number of rotatable bonds is 0. The normalized spacial score (nSPS) is 14.1. The average molecular weight is 186 g/mol. The molecule has 0 fully saturated rings. The fraction of sp³-hybridized carbons (Fsp3) is 0.333. The topological polar surface area (TPSA) is 38.0 Å². The molecule has 3 N–H and O–H groups in total. The molecule has 0 aliphatic carbocycles. The highest BCUT2D eigenvalue weighted by Gasteiger charge is 2.07. The molecule has 1 aliphatic heterocycles. The Labute approximate surface area is 84.5 Å². The fourth-order valence-electron chi connectivity index (χ4n) is 1.71. The van der Waals surface area contributed by atoms with Crippen LogP contribution in [0.1, 0.15) is 16.7 Å². The lowest BCUT2D eigenvalue weighted by Crippen LogP contribution is -2.23. The molecule has 0 saturated heterocycles. The van der Waals surface area contributed by atoms with Gasteiger partial charge < -0.3 is 11.1 Å². The van der Waals surface area contributed by atoms with Crippen molar-refractivity contribution in [2.45, 2.75) is 13.0 Å². The van der Waals surface area contributed by atoms with E-state index in [1.54, 1.807) is 0 Å². The number of fused-ring (bicyclic) bond motifs is 1. The Morgan fingerprint density at radius 1 is 1.36 bits per heavy atom. The standard InChI is InChI=1S/C12H14N2/c13-6-1-2-10-3-4-12-9-14-7-5-11(12)8-10/h3-4,8,14H,5-7,9,13H2. The third-order valence-corrected chi connectivity index (χ3v) is 2.43. The SMILES string of the molecule is NCC#Cc1ccc2c(c1)CCNC2. The zero-order valence-electron chi connectivity index (χ0n) is 8.14. The van der Waals surface area contributed by atoms with Crippen LogP contribution in [0, 0.1) is 11.8 Å². The second-order valence-electron chi connectivity index (χ2n) is 3.42. The Kier molecular flexibility index (Phi) is 2.83. The molecule has 2 rings (SSSR count). The predicted octanol–water partition coefficient (Wildman–Crippen LogP) is 0.642. The minimum atomic E-state index is 0.429. The molecule has 0 bridgehead atoms. The summed E-state index contributed by atoms with van der Waals surface area (Å²) < 4.78 is 0. The molecule has 14 heavy (non-hydrogen) atoms. The van der Waals surface area contributed by atoms with E-state index in [1.165, 1.54) is 11.1 Å². The lowest BCUT2D eigenvalue weighted by molar-refractivity contribution is 0.643. The van der Waals surface area contributed by atoms with Gasteiger partial charge in [0, 0.05) is 12.1 Å². The molecule has 0 unspecified atom stereocenters. The van der Waals surface area contributed by atoms with Crippen molar-refractivity contribution in [3.63, 3.8) is 0 Å². The number of hydrogen-bond donors (Lipinski definition) is 2. The summed E-state index contributed by atoms with van der Waals surface area (Å²) in [7, 11) is 0. The Morgan fingerprint density at radius 3 is 3.14 bits per heavy atom. The maximum absolute atomic E-state index is 5.33. The van der Waals surface area contributed by atoms with E-state index < -0.39 is 0 Å². The van der Waals surface area contributed by atoms with Gasteiger partial charge in [0.15, 0.2) is 0 Å². The van der Waals surface area contributed by atoms with Crippen LogP contribution >= 0.6 is 0 Å². The number of nitrogens with one attached hydrogen (secondary N) is 1. The van der Waals surface area contributed by atoms with Gasteiger partial charge in [-0.1, -0.05) is 17.9 Å². The van der Waals surface area contributed by atoms with Crippen molar-refractivity contribution in [3.8, 4) is 11.8 Å². The first kappa shape index (κ1) is 9.26. The second-order valence-corrected chi connectivity index (χ2v) is 3.42. The van der Waals surface area contributed by atoms with Crippen molar-refractivity contribution in [1.82, 2.24) is 5.32 Å². The molecule has 2 heteroatoms. The Morgan fingerprint density at radius 2 is 2.29 bits per heavy atom. The summed E-state index contributed by atoms with van der Waals surface area (Å²) in [5.41, 5.74) is 9.23. The average Bonchev–Trinajstić information content (AvgIpc) is 2.26. The van der Waals surface area contributed by atoms with Crippen LogP contribution in [0.4, 0.5) is 0 Å². The van der Waals surface area contributed by atoms with Gasteiger partial charge in [-0.2, -0.15) is 0 Å². The van der Waals surface area contributed by atoms with Crippen molar-refractivity contribution in [2.75, 3.05) is 13.1 Å². The summed E-state index contributed by atoms with van der Waals surface area (Å²) >= 11 is 0. The summed E-state index contributed by atoms with van der Waals surface area (Å²) in [6, 6.07) is 6.40.